The lowest BCUT2D eigenvalue weighted by Gasteiger charge is -2.60. The maximum atomic E-state index is 12.4. The number of Topliss-reactive ketones (excluding diaryl/α,β-unsaturated/α-hetero) is 1. The van der Waals surface area contributed by atoms with Gasteiger partial charge in [0.1, 0.15) is 5.78 Å². The van der Waals surface area contributed by atoms with Crippen LogP contribution >= 0.6 is 0 Å². The van der Waals surface area contributed by atoms with Crippen molar-refractivity contribution in [1.29, 1.82) is 0 Å². The van der Waals surface area contributed by atoms with Crippen molar-refractivity contribution in [3.05, 3.63) is 0 Å². The smallest absolute Gasteiger partial charge is 0.139 e. The molecule has 21 heavy (non-hydrogen) atoms. The van der Waals surface area contributed by atoms with Gasteiger partial charge < -0.3 is 5.11 Å². The molecule has 0 radical (unpaired) electrons. The van der Waals surface area contributed by atoms with Crippen LogP contribution in [0, 0.1) is 34.5 Å². The Labute approximate surface area is 128 Å². The molecule has 2 heteroatoms. The fourth-order valence-electron chi connectivity index (χ4n) is 7.01. The normalized spacial score (nSPS) is 56.5. The quantitative estimate of drug-likeness (QED) is 0.733. The van der Waals surface area contributed by atoms with E-state index < -0.39 is 0 Å². The molecule has 0 aromatic rings. The van der Waals surface area contributed by atoms with Crippen molar-refractivity contribution in [2.45, 2.75) is 77.7 Å². The van der Waals surface area contributed by atoms with Crippen LogP contribution in [0.5, 0.6) is 0 Å². The molecule has 0 aliphatic heterocycles. The van der Waals surface area contributed by atoms with Crippen LogP contribution < -0.4 is 0 Å². The lowest BCUT2D eigenvalue weighted by atomic mass is 9.45. The average Bonchev–Trinajstić information content (AvgIpc) is 2.76. The first-order valence-electron chi connectivity index (χ1n) is 9.16. The monoisotopic (exact) mass is 290 g/mol. The fraction of sp³-hybridized carbons (Fsp3) is 0.947. The maximum Gasteiger partial charge on any atom is 0.139 e. The van der Waals surface area contributed by atoms with E-state index in [9.17, 15) is 9.90 Å². The van der Waals surface area contributed by atoms with Crippen LogP contribution in [0.15, 0.2) is 0 Å². The topological polar surface area (TPSA) is 37.3 Å². The van der Waals surface area contributed by atoms with E-state index in [0.29, 0.717) is 17.1 Å². The van der Waals surface area contributed by atoms with Crippen molar-refractivity contribution in [2.75, 3.05) is 0 Å². The Morgan fingerprint density at radius 3 is 2.62 bits per heavy atom. The molecule has 1 N–H and O–H groups in total. The lowest BCUT2D eigenvalue weighted by molar-refractivity contribution is -0.142. The van der Waals surface area contributed by atoms with Crippen molar-refractivity contribution >= 4 is 5.78 Å². The van der Waals surface area contributed by atoms with E-state index in [1.54, 1.807) is 0 Å². The first kappa shape index (κ1) is 14.2. The molecule has 7 atom stereocenters. The first-order chi connectivity index (χ1) is 9.95. The summed E-state index contributed by atoms with van der Waals surface area (Å²) in [5, 5.41) is 10.0. The van der Waals surface area contributed by atoms with Crippen LogP contribution in [-0.2, 0) is 4.79 Å². The van der Waals surface area contributed by atoms with Crippen molar-refractivity contribution in [1.82, 2.24) is 0 Å². The summed E-state index contributed by atoms with van der Waals surface area (Å²) < 4.78 is 0. The van der Waals surface area contributed by atoms with Crippen molar-refractivity contribution in [3.8, 4) is 0 Å². The second kappa shape index (κ2) is 4.57. The molecule has 3 unspecified atom stereocenters. The fourth-order valence-corrected chi connectivity index (χ4v) is 7.01. The maximum absolute atomic E-state index is 12.4. The van der Waals surface area contributed by atoms with Crippen LogP contribution in [0.25, 0.3) is 0 Å². The first-order valence-corrected chi connectivity index (χ1v) is 9.16. The van der Waals surface area contributed by atoms with Gasteiger partial charge in [0.25, 0.3) is 0 Å². The Balaban J connectivity index is 1.64. The van der Waals surface area contributed by atoms with Crippen molar-refractivity contribution in [2.24, 2.45) is 34.5 Å². The van der Waals surface area contributed by atoms with Gasteiger partial charge in [-0.25, -0.2) is 0 Å². The van der Waals surface area contributed by atoms with Gasteiger partial charge in [-0.2, -0.15) is 0 Å². The van der Waals surface area contributed by atoms with Gasteiger partial charge in [0.05, 0.1) is 6.10 Å². The minimum Gasteiger partial charge on any atom is -0.393 e. The van der Waals surface area contributed by atoms with E-state index >= 15 is 0 Å². The summed E-state index contributed by atoms with van der Waals surface area (Å²) in [5.41, 5.74) is 0.452. The zero-order valence-electron chi connectivity index (χ0n) is 13.6. The van der Waals surface area contributed by atoms with Crippen LogP contribution in [0.1, 0.15) is 71.6 Å². The minimum atomic E-state index is -0.0541. The summed E-state index contributed by atoms with van der Waals surface area (Å²) in [4.78, 5) is 12.4. The number of carbonyl (C=O) groups excluding carboxylic acids is 1. The molecule has 4 aliphatic rings. The van der Waals surface area contributed by atoms with E-state index in [0.717, 1.165) is 49.9 Å². The summed E-state index contributed by atoms with van der Waals surface area (Å²) >= 11 is 0. The zero-order valence-corrected chi connectivity index (χ0v) is 13.6. The Morgan fingerprint density at radius 1 is 1.00 bits per heavy atom. The third kappa shape index (κ3) is 1.84. The largest absolute Gasteiger partial charge is 0.393 e. The average molecular weight is 290 g/mol. The molecular weight excluding hydrogens is 260 g/mol. The highest BCUT2D eigenvalue weighted by atomic mass is 16.3. The Bertz CT molecular complexity index is 458. The van der Waals surface area contributed by atoms with Gasteiger partial charge in [-0.3, -0.25) is 4.79 Å². The molecule has 0 aromatic carbocycles. The number of fused-ring (bicyclic) bond motifs is 5. The minimum absolute atomic E-state index is 0.0124. The van der Waals surface area contributed by atoms with Crippen molar-refractivity contribution in [3.63, 3.8) is 0 Å². The van der Waals surface area contributed by atoms with Crippen LogP contribution in [-0.4, -0.2) is 17.0 Å². The molecule has 4 fully saturated rings. The predicted octanol–water partition coefficient (Wildman–Crippen LogP) is 3.96. The predicted molar refractivity (Wildman–Crippen MR) is 82.7 cm³/mol. The number of hydrogen-bond donors (Lipinski definition) is 1. The second-order valence-electron chi connectivity index (χ2n) is 9.00. The Hall–Kier alpha value is -0.370. The highest BCUT2D eigenvalue weighted by Crippen LogP contribution is 2.65. The van der Waals surface area contributed by atoms with Gasteiger partial charge in [-0.05, 0) is 80.5 Å². The number of ketones is 1. The number of rotatable bonds is 0. The molecule has 0 heterocycles. The van der Waals surface area contributed by atoms with Gasteiger partial charge >= 0.3 is 0 Å². The van der Waals surface area contributed by atoms with Gasteiger partial charge in [0, 0.05) is 11.8 Å². The molecule has 0 spiro atoms. The molecule has 4 rings (SSSR count). The SMILES string of the molecule is C[C@@]12CC[C@H](O)CC1CC[C@H]1C2CC[C@@]2(C)C(=O)CCC12. The van der Waals surface area contributed by atoms with Gasteiger partial charge in [-0.1, -0.05) is 13.8 Å². The van der Waals surface area contributed by atoms with E-state index in [1.165, 1.54) is 25.7 Å². The number of aliphatic hydroxyl groups excluding tert-OH is 1. The number of aliphatic hydroxyl groups is 1. The van der Waals surface area contributed by atoms with Crippen LogP contribution in [0.4, 0.5) is 0 Å². The van der Waals surface area contributed by atoms with Gasteiger partial charge in [0.15, 0.2) is 0 Å². The van der Waals surface area contributed by atoms with E-state index in [2.05, 4.69) is 13.8 Å². The van der Waals surface area contributed by atoms with E-state index in [4.69, 9.17) is 0 Å². The van der Waals surface area contributed by atoms with E-state index in [1.807, 2.05) is 0 Å². The summed E-state index contributed by atoms with van der Waals surface area (Å²) in [7, 11) is 0. The number of carbonyl (C=O) groups is 1. The second-order valence-corrected chi connectivity index (χ2v) is 9.00. The molecular formula is C19H30O2. The standard InChI is InChI=1S/C19H30O2/c1-18-9-7-13(20)11-12(18)3-4-14-15-5-6-17(21)19(15,2)10-8-16(14)18/h12-16,20H,3-11H2,1-2H3/t12?,13-,14+,15?,16?,18+,19+/m0/s1. The van der Waals surface area contributed by atoms with Gasteiger partial charge in [-0.15, -0.1) is 0 Å². The number of hydrogen-bond acceptors (Lipinski definition) is 2. The molecule has 4 aliphatic carbocycles. The summed E-state index contributed by atoms with van der Waals surface area (Å²) in [5.74, 6) is 3.54. The highest BCUT2D eigenvalue weighted by molar-refractivity contribution is 5.87. The molecule has 0 aromatic heterocycles. The van der Waals surface area contributed by atoms with Crippen LogP contribution in [0.2, 0.25) is 0 Å². The molecule has 0 bridgehead atoms. The molecule has 4 saturated carbocycles. The molecule has 2 nitrogen and oxygen atoms in total. The zero-order chi connectivity index (χ0) is 14.8. The Morgan fingerprint density at radius 2 is 1.81 bits per heavy atom. The third-order valence-corrected chi connectivity index (χ3v) is 8.35. The highest BCUT2D eigenvalue weighted by Gasteiger charge is 2.60. The summed E-state index contributed by atoms with van der Waals surface area (Å²) in [6.07, 6.45) is 10.1. The van der Waals surface area contributed by atoms with Crippen molar-refractivity contribution < 1.29 is 9.90 Å². The van der Waals surface area contributed by atoms with E-state index in [-0.39, 0.29) is 11.5 Å². The third-order valence-electron chi connectivity index (χ3n) is 8.35. The molecule has 0 saturated heterocycles. The molecule has 0 amide bonds. The summed E-state index contributed by atoms with van der Waals surface area (Å²) in [6.45, 7) is 4.78. The summed E-state index contributed by atoms with van der Waals surface area (Å²) in [6, 6.07) is 0. The molecule has 118 valence electrons. The van der Waals surface area contributed by atoms with Crippen LogP contribution in [0.3, 0.4) is 0 Å². The van der Waals surface area contributed by atoms with Gasteiger partial charge in [0.2, 0.25) is 0 Å². The Kier molecular flexibility index (Phi) is 3.10. The lowest BCUT2D eigenvalue weighted by Crippen LogP contribution is -2.54.